The zero-order valence-electron chi connectivity index (χ0n) is 16.7. The molecule has 7 nitrogen and oxygen atoms in total. The number of fused-ring (bicyclic) bond motifs is 3. The summed E-state index contributed by atoms with van der Waals surface area (Å²) in [6, 6.07) is 7.00. The lowest BCUT2D eigenvalue weighted by Gasteiger charge is -2.17. The molecule has 0 bridgehead atoms. The van der Waals surface area contributed by atoms with Crippen molar-refractivity contribution in [3.05, 3.63) is 41.2 Å². The normalized spacial score (nSPS) is 12.6. The molecule has 0 aliphatic heterocycles. The van der Waals surface area contributed by atoms with E-state index in [0.717, 1.165) is 33.5 Å². The number of hydrogen-bond acceptors (Lipinski definition) is 4. The monoisotopic (exact) mass is 382 g/mol. The van der Waals surface area contributed by atoms with Crippen LogP contribution in [0.2, 0.25) is 0 Å². The lowest BCUT2D eigenvalue weighted by molar-refractivity contribution is -0.142. The zero-order chi connectivity index (χ0) is 20.4. The Morgan fingerprint density at radius 1 is 1.21 bits per heavy atom. The van der Waals surface area contributed by atoms with Crippen LogP contribution in [0.25, 0.3) is 16.6 Å². The molecule has 0 spiro atoms. The Hall–Kier alpha value is -2.96. The summed E-state index contributed by atoms with van der Waals surface area (Å²) in [5.41, 5.74) is 4.46. The van der Waals surface area contributed by atoms with Gasteiger partial charge in [-0.05, 0) is 50.3 Å². The molecule has 0 aliphatic carbocycles. The van der Waals surface area contributed by atoms with E-state index in [4.69, 9.17) is 4.98 Å². The molecule has 0 aliphatic rings. The number of aryl methyl sites for hydroxylation is 2. The lowest BCUT2D eigenvalue weighted by atomic mass is 10.0. The minimum absolute atomic E-state index is 0.187. The second kappa shape index (κ2) is 7.96. The van der Waals surface area contributed by atoms with E-state index in [2.05, 4.69) is 10.4 Å². The summed E-state index contributed by atoms with van der Waals surface area (Å²) in [6.07, 6.45) is 1.10. The number of amides is 1. The average molecular weight is 382 g/mol. The number of carboxylic acids is 1. The fraction of sp³-hybridized carbons (Fsp3) is 0.429. The van der Waals surface area contributed by atoms with Gasteiger partial charge in [0.2, 0.25) is 5.91 Å². The van der Waals surface area contributed by atoms with Gasteiger partial charge < -0.3 is 10.4 Å². The summed E-state index contributed by atoms with van der Waals surface area (Å²) in [5, 5.41) is 17.6. The Morgan fingerprint density at radius 3 is 2.61 bits per heavy atom. The van der Waals surface area contributed by atoms with E-state index in [1.807, 2.05) is 56.5 Å². The van der Waals surface area contributed by atoms with Gasteiger partial charge >= 0.3 is 5.97 Å². The van der Waals surface area contributed by atoms with Crippen molar-refractivity contribution in [2.45, 2.75) is 53.0 Å². The number of carboxylic acid groups (broad SMARTS) is 1. The van der Waals surface area contributed by atoms with Crippen LogP contribution in [0.3, 0.4) is 0 Å². The van der Waals surface area contributed by atoms with Gasteiger partial charge in [-0.2, -0.15) is 5.10 Å². The van der Waals surface area contributed by atoms with Gasteiger partial charge in [-0.15, -0.1) is 0 Å². The van der Waals surface area contributed by atoms with E-state index in [9.17, 15) is 14.7 Å². The van der Waals surface area contributed by atoms with Crippen LogP contribution in [0.4, 0.5) is 0 Å². The molecule has 2 heterocycles. The zero-order valence-corrected chi connectivity index (χ0v) is 16.7. The third-order valence-corrected chi connectivity index (χ3v) is 4.96. The summed E-state index contributed by atoms with van der Waals surface area (Å²) in [4.78, 5) is 28.4. The van der Waals surface area contributed by atoms with Gasteiger partial charge in [0, 0.05) is 23.2 Å². The SMILES string of the molecule is Cc1nc2c3ccccc3nn2c(C)c1CCC(=O)NC(CC(C)C)C(=O)O. The Bertz CT molecular complexity index is 1040. The molecular formula is C21H26N4O3. The Balaban J connectivity index is 1.79. The minimum Gasteiger partial charge on any atom is -0.480 e. The lowest BCUT2D eigenvalue weighted by Crippen LogP contribution is -2.41. The van der Waals surface area contributed by atoms with Crippen molar-refractivity contribution in [1.82, 2.24) is 19.9 Å². The van der Waals surface area contributed by atoms with Gasteiger partial charge in [0.05, 0.1) is 5.52 Å². The van der Waals surface area contributed by atoms with Gasteiger partial charge in [-0.3, -0.25) is 4.79 Å². The van der Waals surface area contributed by atoms with Gasteiger partial charge in [0.25, 0.3) is 0 Å². The van der Waals surface area contributed by atoms with E-state index < -0.39 is 12.0 Å². The highest BCUT2D eigenvalue weighted by molar-refractivity contribution is 5.92. The molecule has 3 aromatic rings. The first-order valence-corrected chi connectivity index (χ1v) is 9.53. The van der Waals surface area contributed by atoms with Gasteiger partial charge in [0.1, 0.15) is 6.04 Å². The van der Waals surface area contributed by atoms with Crippen LogP contribution in [0.1, 0.15) is 43.6 Å². The van der Waals surface area contributed by atoms with Gasteiger partial charge in [0.15, 0.2) is 5.65 Å². The first kappa shape index (κ1) is 19.8. The van der Waals surface area contributed by atoms with Gasteiger partial charge in [-0.25, -0.2) is 14.3 Å². The number of rotatable bonds is 7. The van der Waals surface area contributed by atoms with E-state index in [1.54, 1.807) is 0 Å². The van der Waals surface area contributed by atoms with Crippen LogP contribution >= 0.6 is 0 Å². The predicted octanol–water partition coefficient (Wildman–Crippen LogP) is 3.05. The average Bonchev–Trinajstić information content (AvgIpc) is 2.99. The van der Waals surface area contributed by atoms with Crippen molar-refractivity contribution < 1.29 is 14.7 Å². The molecule has 1 atom stereocenters. The largest absolute Gasteiger partial charge is 0.480 e. The maximum atomic E-state index is 12.3. The highest BCUT2D eigenvalue weighted by Crippen LogP contribution is 2.23. The smallest absolute Gasteiger partial charge is 0.326 e. The summed E-state index contributed by atoms with van der Waals surface area (Å²) in [5.74, 6) is -1.08. The minimum atomic E-state index is -0.999. The van der Waals surface area contributed by atoms with E-state index in [0.29, 0.717) is 12.8 Å². The Kier molecular flexibility index (Phi) is 5.63. The predicted molar refractivity (Wildman–Crippen MR) is 107 cm³/mol. The second-order valence-corrected chi connectivity index (χ2v) is 7.60. The Labute approximate surface area is 163 Å². The van der Waals surface area contributed by atoms with Crippen LogP contribution in [0.15, 0.2) is 24.3 Å². The standard InChI is InChI=1S/C21H26N4O3/c1-12(2)11-18(21(27)28)23-19(26)10-9-15-13(3)22-20-16-7-5-6-8-17(16)24-25(20)14(15)4/h5-8,12,18H,9-11H2,1-4H3,(H,23,26)(H,27,28). The third kappa shape index (κ3) is 3.98. The van der Waals surface area contributed by atoms with Crippen molar-refractivity contribution in [1.29, 1.82) is 0 Å². The van der Waals surface area contributed by atoms with Crippen LogP contribution in [-0.2, 0) is 16.0 Å². The summed E-state index contributed by atoms with van der Waals surface area (Å²) >= 11 is 0. The van der Waals surface area contributed by atoms with Gasteiger partial charge in [-0.1, -0.05) is 26.0 Å². The number of aliphatic carboxylic acids is 1. The first-order valence-electron chi connectivity index (χ1n) is 9.53. The van der Waals surface area contributed by atoms with Crippen LogP contribution < -0.4 is 5.32 Å². The highest BCUT2D eigenvalue weighted by Gasteiger charge is 2.21. The maximum Gasteiger partial charge on any atom is 0.326 e. The number of benzene rings is 1. The molecule has 1 amide bonds. The summed E-state index contributed by atoms with van der Waals surface area (Å²) in [6.45, 7) is 7.77. The number of carbonyl (C=O) groups excluding carboxylic acids is 1. The van der Waals surface area contributed by atoms with E-state index >= 15 is 0 Å². The molecule has 2 N–H and O–H groups in total. The van der Waals surface area contributed by atoms with Crippen LogP contribution in [0, 0.1) is 19.8 Å². The molecule has 3 rings (SSSR count). The molecule has 0 saturated carbocycles. The molecule has 1 aromatic carbocycles. The quantitative estimate of drug-likeness (QED) is 0.655. The topological polar surface area (TPSA) is 96.6 Å². The van der Waals surface area contributed by atoms with E-state index in [1.165, 1.54) is 0 Å². The van der Waals surface area contributed by atoms with Crippen molar-refractivity contribution in [2.75, 3.05) is 0 Å². The van der Waals surface area contributed by atoms with Crippen molar-refractivity contribution >= 4 is 28.4 Å². The number of hydrogen-bond donors (Lipinski definition) is 2. The fourth-order valence-corrected chi connectivity index (χ4v) is 3.54. The maximum absolute atomic E-state index is 12.3. The second-order valence-electron chi connectivity index (χ2n) is 7.60. The first-order chi connectivity index (χ1) is 13.3. The van der Waals surface area contributed by atoms with Crippen LogP contribution in [-0.4, -0.2) is 37.6 Å². The molecular weight excluding hydrogens is 356 g/mol. The molecule has 1 unspecified atom stereocenters. The molecule has 0 saturated heterocycles. The van der Waals surface area contributed by atoms with Crippen molar-refractivity contribution in [3.8, 4) is 0 Å². The molecule has 0 fully saturated rings. The highest BCUT2D eigenvalue weighted by atomic mass is 16.4. The summed E-state index contributed by atoms with van der Waals surface area (Å²) in [7, 11) is 0. The van der Waals surface area contributed by atoms with Crippen LogP contribution in [0.5, 0.6) is 0 Å². The van der Waals surface area contributed by atoms with Crippen molar-refractivity contribution in [3.63, 3.8) is 0 Å². The molecule has 148 valence electrons. The molecule has 7 heteroatoms. The molecule has 28 heavy (non-hydrogen) atoms. The molecule has 2 aromatic heterocycles. The van der Waals surface area contributed by atoms with E-state index in [-0.39, 0.29) is 18.2 Å². The third-order valence-electron chi connectivity index (χ3n) is 4.96. The Morgan fingerprint density at radius 2 is 1.93 bits per heavy atom. The number of nitrogens with one attached hydrogen (secondary N) is 1. The molecule has 0 radical (unpaired) electrons. The number of aromatic nitrogens is 3. The number of nitrogens with zero attached hydrogens (tertiary/aromatic N) is 3. The van der Waals surface area contributed by atoms with Crippen molar-refractivity contribution in [2.24, 2.45) is 5.92 Å². The summed E-state index contributed by atoms with van der Waals surface area (Å²) < 4.78 is 1.82. The fourth-order valence-electron chi connectivity index (χ4n) is 3.54. The number of carbonyl (C=O) groups is 2.